The summed E-state index contributed by atoms with van der Waals surface area (Å²) >= 11 is 6.08. The van der Waals surface area contributed by atoms with E-state index in [9.17, 15) is 22.8 Å². The Labute approximate surface area is 209 Å². The molecule has 12 heteroatoms. The lowest BCUT2D eigenvalue weighted by Gasteiger charge is -2.35. The molecule has 2 amide bonds. The number of hydrogen-bond acceptors (Lipinski definition) is 6. The Morgan fingerprint density at radius 2 is 1.75 bits per heavy atom. The van der Waals surface area contributed by atoms with Crippen LogP contribution in [0.15, 0.2) is 48.5 Å². The first-order valence-electron chi connectivity index (χ1n) is 11.1. The molecule has 0 atom stereocenters. The summed E-state index contributed by atoms with van der Waals surface area (Å²) < 4.78 is 40.1. The average molecular weight is 517 g/mol. The maximum absolute atomic E-state index is 13.4. The van der Waals surface area contributed by atoms with E-state index in [1.165, 1.54) is 23.1 Å². The molecule has 0 bridgehead atoms. The molecule has 1 fully saturated rings. The van der Waals surface area contributed by atoms with Gasteiger partial charge in [0.15, 0.2) is 11.6 Å². The van der Waals surface area contributed by atoms with Crippen molar-refractivity contribution in [2.75, 3.05) is 48.3 Å². The summed E-state index contributed by atoms with van der Waals surface area (Å²) in [5, 5.41) is 11.9. The van der Waals surface area contributed by atoms with Gasteiger partial charge in [0.05, 0.1) is 28.1 Å². The van der Waals surface area contributed by atoms with Crippen molar-refractivity contribution < 1.29 is 22.8 Å². The van der Waals surface area contributed by atoms with Crippen LogP contribution in [0.2, 0.25) is 5.02 Å². The second kappa shape index (κ2) is 8.98. The molecule has 186 valence electrons. The lowest BCUT2D eigenvalue weighted by molar-refractivity contribution is -0.138. The van der Waals surface area contributed by atoms with Crippen LogP contribution in [0, 0.1) is 0 Å². The maximum Gasteiger partial charge on any atom is 0.417 e. The third-order valence-electron chi connectivity index (χ3n) is 6.25. The van der Waals surface area contributed by atoms with E-state index in [2.05, 4.69) is 15.5 Å². The number of rotatable bonds is 2. The molecule has 36 heavy (non-hydrogen) atoms. The minimum absolute atomic E-state index is 0.194. The first kappa shape index (κ1) is 23.9. The van der Waals surface area contributed by atoms with Crippen LogP contribution in [0.3, 0.4) is 0 Å². The molecule has 2 aromatic carbocycles. The van der Waals surface area contributed by atoms with Gasteiger partial charge < -0.3 is 20.0 Å². The first-order chi connectivity index (χ1) is 17.1. The van der Waals surface area contributed by atoms with E-state index >= 15 is 0 Å². The third-order valence-corrected chi connectivity index (χ3v) is 6.48. The molecular formula is C24H20ClF3N6O2. The second-order valence-electron chi connectivity index (χ2n) is 8.44. The fourth-order valence-corrected chi connectivity index (χ4v) is 4.55. The van der Waals surface area contributed by atoms with Gasteiger partial charge >= 0.3 is 6.18 Å². The van der Waals surface area contributed by atoms with Crippen LogP contribution in [-0.2, 0) is 6.18 Å². The van der Waals surface area contributed by atoms with Crippen LogP contribution in [0.1, 0.15) is 26.3 Å². The van der Waals surface area contributed by atoms with Crippen LogP contribution in [0.25, 0.3) is 0 Å². The number of carbonyl (C=O) groups excluding carboxylic acids is 2. The van der Waals surface area contributed by atoms with Crippen molar-refractivity contribution in [1.29, 1.82) is 0 Å². The molecule has 0 saturated carbocycles. The number of fused-ring (bicyclic) bond motifs is 2. The van der Waals surface area contributed by atoms with Gasteiger partial charge in [0.25, 0.3) is 11.8 Å². The van der Waals surface area contributed by atoms with Gasteiger partial charge in [0.2, 0.25) is 0 Å². The van der Waals surface area contributed by atoms with Gasteiger partial charge in [-0.05, 0) is 36.4 Å². The van der Waals surface area contributed by atoms with Gasteiger partial charge in [0, 0.05) is 38.2 Å². The Bertz CT molecular complexity index is 1360. The SMILES string of the molecule is CN1c2ccc(Cl)cc2NC(=O)c2cc(N3CCN(C(=O)c4ccccc4C(F)(F)F)CC3)nnc21. The van der Waals surface area contributed by atoms with Crippen molar-refractivity contribution in [3.8, 4) is 0 Å². The molecule has 3 heterocycles. The van der Waals surface area contributed by atoms with E-state index in [0.29, 0.717) is 46.7 Å². The molecule has 1 saturated heterocycles. The van der Waals surface area contributed by atoms with Gasteiger partial charge in [-0.1, -0.05) is 23.7 Å². The Kier molecular flexibility index (Phi) is 5.95. The molecular weight excluding hydrogens is 497 g/mol. The summed E-state index contributed by atoms with van der Waals surface area (Å²) in [6.45, 7) is 1.03. The number of aromatic nitrogens is 2. The zero-order valence-corrected chi connectivity index (χ0v) is 19.8. The van der Waals surface area contributed by atoms with E-state index in [4.69, 9.17) is 11.6 Å². The van der Waals surface area contributed by atoms with Gasteiger partial charge in [-0.3, -0.25) is 9.59 Å². The number of halogens is 4. The van der Waals surface area contributed by atoms with E-state index < -0.39 is 17.6 Å². The van der Waals surface area contributed by atoms with E-state index in [-0.39, 0.29) is 24.6 Å². The number of alkyl halides is 3. The summed E-state index contributed by atoms with van der Waals surface area (Å²) in [5.41, 5.74) is 0.238. The van der Waals surface area contributed by atoms with Crippen LogP contribution < -0.4 is 15.1 Å². The van der Waals surface area contributed by atoms with E-state index in [1.54, 1.807) is 36.2 Å². The van der Waals surface area contributed by atoms with Gasteiger partial charge in [-0.25, -0.2) is 0 Å². The summed E-state index contributed by atoms with van der Waals surface area (Å²) in [6.07, 6.45) is -4.62. The van der Waals surface area contributed by atoms with Crippen molar-refractivity contribution in [2.24, 2.45) is 0 Å². The molecule has 0 unspecified atom stereocenters. The standard InChI is InChI=1S/C24H20ClF3N6O2/c1-32-19-7-6-14(25)12-18(19)29-22(35)16-13-20(30-31-21(16)32)33-8-10-34(11-9-33)23(36)15-4-2-3-5-17(15)24(26,27)28/h2-7,12-13H,8-11H2,1H3,(H,29,35). The molecule has 0 aliphatic carbocycles. The van der Waals surface area contributed by atoms with Crippen LogP contribution in [-0.4, -0.2) is 60.1 Å². The summed E-state index contributed by atoms with van der Waals surface area (Å²) in [7, 11) is 1.77. The molecule has 2 aliphatic rings. The Morgan fingerprint density at radius 3 is 2.47 bits per heavy atom. The zero-order chi connectivity index (χ0) is 25.6. The minimum atomic E-state index is -4.62. The number of hydrogen-bond donors (Lipinski definition) is 1. The highest BCUT2D eigenvalue weighted by atomic mass is 35.5. The van der Waals surface area contributed by atoms with Crippen LogP contribution in [0.4, 0.5) is 36.2 Å². The van der Waals surface area contributed by atoms with Crippen molar-refractivity contribution >= 4 is 46.4 Å². The van der Waals surface area contributed by atoms with E-state index in [1.807, 2.05) is 4.90 Å². The topological polar surface area (TPSA) is 81.7 Å². The number of carbonyl (C=O) groups is 2. The lowest BCUT2D eigenvalue weighted by atomic mass is 10.1. The van der Waals surface area contributed by atoms with Crippen molar-refractivity contribution in [2.45, 2.75) is 6.18 Å². The minimum Gasteiger partial charge on any atom is -0.352 e. The number of benzene rings is 2. The average Bonchev–Trinajstić information content (AvgIpc) is 2.96. The fourth-order valence-electron chi connectivity index (χ4n) is 4.37. The summed E-state index contributed by atoms with van der Waals surface area (Å²) in [4.78, 5) is 30.8. The molecule has 0 spiro atoms. The quantitative estimate of drug-likeness (QED) is 0.542. The first-order valence-corrected chi connectivity index (χ1v) is 11.4. The highest BCUT2D eigenvalue weighted by molar-refractivity contribution is 6.31. The number of nitrogens with zero attached hydrogens (tertiary/aromatic N) is 5. The number of piperazine rings is 1. The summed E-state index contributed by atoms with van der Waals surface area (Å²) in [6, 6.07) is 11.5. The highest BCUT2D eigenvalue weighted by Gasteiger charge is 2.36. The molecule has 3 aromatic rings. The monoisotopic (exact) mass is 516 g/mol. The summed E-state index contributed by atoms with van der Waals surface area (Å²) in [5.74, 6) is -0.237. The van der Waals surface area contributed by atoms with Crippen LogP contribution in [0.5, 0.6) is 0 Å². The molecule has 8 nitrogen and oxygen atoms in total. The Morgan fingerprint density at radius 1 is 1.03 bits per heavy atom. The van der Waals surface area contributed by atoms with Crippen molar-refractivity contribution in [3.63, 3.8) is 0 Å². The molecule has 0 radical (unpaired) electrons. The molecule has 1 aromatic heterocycles. The second-order valence-corrected chi connectivity index (χ2v) is 8.87. The van der Waals surface area contributed by atoms with E-state index in [0.717, 1.165) is 6.07 Å². The van der Waals surface area contributed by atoms with Crippen molar-refractivity contribution in [3.05, 3.63) is 70.2 Å². The largest absolute Gasteiger partial charge is 0.417 e. The molecule has 5 rings (SSSR count). The Hall–Kier alpha value is -3.86. The van der Waals surface area contributed by atoms with Crippen molar-refractivity contribution in [1.82, 2.24) is 15.1 Å². The third kappa shape index (κ3) is 4.30. The van der Waals surface area contributed by atoms with Gasteiger partial charge in [-0.2, -0.15) is 13.2 Å². The predicted octanol–water partition coefficient (Wildman–Crippen LogP) is 4.44. The Balaban J connectivity index is 1.34. The van der Waals surface area contributed by atoms with Gasteiger partial charge in [-0.15, -0.1) is 10.2 Å². The fraction of sp³-hybridized carbons (Fsp3) is 0.250. The normalized spacial score (nSPS) is 15.7. The lowest BCUT2D eigenvalue weighted by Crippen LogP contribution is -2.49. The highest BCUT2D eigenvalue weighted by Crippen LogP contribution is 2.37. The van der Waals surface area contributed by atoms with Gasteiger partial charge in [0.1, 0.15) is 0 Å². The number of anilines is 4. The maximum atomic E-state index is 13.4. The number of amides is 2. The number of nitrogens with one attached hydrogen (secondary N) is 1. The molecule has 1 N–H and O–H groups in total. The predicted molar refractivity (Wildman–Crippen MR) is 129 cm³/mol. The zero-order valence-electron chi connectivity index (χ0n) is 19.0. The smallest absolute Gasteiger partial charge is 0.352 e. The van der Waals surface area contributed by atoms with Crippen LogP contribution >= 0.6 is 11.6 Å². The molecule has 2 aliphatic heterocycles.